The van der Waals surface area contributed by atoms with Gasteiger partial charge in [-0.05, 0) is 30.5 Å². The first-order valence-corrected chi connectivity index (χ1v) is 11.8. The molecule has 2 aromatic carbocycles. The van der Waals surface area contributed by atoms with Gasteiger partial charge in [0.05, 0.1) is 25.1 Å². The van der Waals surface area contributed by atoms with Crippen molar-refractivity contribution < 1.29 is 9.53 Å². The lowest BCUT2D eigenvalue weighted by Gasteiger charge is -2.22. The van der Waals surface area contributed by atoms with Crippen molar-refractivity contribution in [2.24, 2.45) is 0 Å². The molecule has 31 heavy (non-hydrogen) atoms. The first-order chi connectivity index (χ1) is 15.2. The number of amides is 1. The van der Waals surface area contributed by atoms with Crippen LogP contribution in [0, 0.1) is 0 Å². The summed E-state index contributed by atoms with van der Waals surface area (Å²) in [5.41, 5.74) is 1.88. The number of nitrogens with one attached hydrogen (secondary N) is 1. The number of nitrogens with zero attached hydrogens (tertiary/aromatic N) is 3. The molecule has 3 aromatic rings. The fourth-order valence-corrected chi connectivity index (χ4v) is 4.79. The standard InChI is InChI=1S/C24H28N4O2S/c1-30-21-15-9-8-14-20(21)25-22(29)17-31-24-27-26-23(19-12-6-3-7-13-19)28(24)16-18-10-4-2-5-11-18/h2,4-5,8-11,14-15,19H,3,6-7,12-13,16-17H2,1H3,(H,25,29). The highest BCUT2D eigenvalue weighted by Crippen LogP contribution is 2.33. The molecule has 1 N–H and O–H groups in total. The molecule has 6 nitrogen and oxygen atoms in total. The topological polar surface area (TPSA) is 69.0 Å². The van der Waals surface area contributed by atoms with Gasteiger partial charge in [0.15, 0.2) is 5.16 Å². The zero-order chi connectivity index (χ0) is 21.5. The number of methoxy groups -OCH3 is 1. The average Bonchev–Trinajstić information content (AvgIpc) is 3.21. The number of hydrogen-bond donors (Lipinski definition) is 1. The largest absolute Gasteiger partial charge is 0.495 e. The zero-order valence-electron chi connectivity index (χ0n) is 17.8. The molecule has 1 amide bonds. The summed E-state index contributed by atoms with van der Waals surface area (Å²) >= 11 is 1.43. The second-order valence-corrected chi connectivity index (χ2v) is 8.73. The highest BCUT2D eigenvalue weighted by atomic mass is 32.2. The molecule has 162 valence electrons. The number of anilines is 1. The number of benzene rings is 2. The first-order valence-electron chi connectivity index (χ1n) is 10.8. The van der Waals surface area contributed by atoms with Crippen LogP contribution in [0.1, 0.15) is 49.4 Å². The number of hydrogen-bond acceptors (Lipinski definition) is 5. The van der Waals surface area contributed by atoms with Crippen LogP contribution >= 0.6 is 11.8 Å². The van der Waals surface area contributed by atoms with E-state index < -0.39 is 0 Å². The van der Waals surface area contributed by atoms with Gasteiger partial charge in [-0.3, -0.25) is 4.79 Å². The normalized spacial score (nSPS) is 14.4. The number of ether oxygens (including phenoxy) is 1. The monoisotopic (exact) mass is 436 g/mol. The molecule has 1 saturated carbocycles. The van der Waals surface area contributed by atoms with E-state index >= 15 is 0 Å². The summed E-state index contributed by atoms with van der Waals surface area (Å²) in [6.45, 7) is 0.718. The molecule has 0 saturated heterocycles. The van der Waals surface area contributed by atoms with Crippen LogP contribution in [0.2, 0.25) is 0 Å². The third-order valence-corrected chi connectivity index (χ3v) is 6.58. The molecular formula is C24H28N4O2S. The first kappa shape index (κ1) is 21.4. The molecule has 1 aromatic heterocycles. The maximum Gasteiger partial charge on any atom is 0.234 e. The summed E-state index contributed by atoms with van der Waals surface area (Å²) in [5, 5.41) is 12.8. The van der Waals surface area contributed by atoms with Crippen LogP contribution in [-0.2, 0) is 11.3 Å². The van der Waals surface area contributed by atoms with Gasteiger partial charge in [-0.2, -0.15) is 0 Å². The van der Waals surface area contributed by atoms with Crippen LogP contribution in [0.25, 0.3) is 0 Å². The van der Waals surface area contributed by atoms with Crippen molar-refractivity contribution in [2.45, 2.75) is 49.7 Å². The van der Waals surface area contributed by atoms with Gasteiger partial charge in [-0.1, -0.05) is 73.5 Å². The number of thioether (sulfide) groups is 1. The Morgan fingerprint density at radius 3 is 2.58 bits per heavy atom. The Morgan fingerprint density at radius 2 is 1.81 bits per heavy atom. The lowest BCUT2D eigenvalue weighted by molar-refractivity contribution is -0.113. The number of rotatable bonds is 8. The van der Waals surface area contributed by atoms with Crippen LogP contribution in [0.4, 0.5) is 5.69 Å². The van der Waals surface area contributed by atoms with E-state index in [0.29, 0.717) is 17.4 Å². The molecule has 0 unspecified atom stereocenters. The zero-order valence-corrected chi connectivity index (χ0v) is 18.6. The second-order valence-electron chi connectivity index (χ2n) is 7.78. The van der Waals surface area contributed by atoms with E-state index in [4.69, 9.17) is 4.74 Å². The molecule has 0 bridgehead atoms. The molecule has 7 heteroatoms. The van der Waals surface area contributed by atoms with Crippen molar-refractivity contribution in [3.8, 4) is 5.75 Å². The van der Waals surface area contributed by atoms with Crippen molar-refractivity contribution in [1.82, 2.24) is 14.8 Å². The Kier molecular flexibility index (Phi) is 7.25. The number of carbonyl (C=O) groups excluding carboxylic acids is 1. The van der Waals surface area contributed by atoms with Gasteiger partial charge in [-0.15, -0.1) is 10.2 Å². The molecule has 1 fully saturated rings. The van der Waals surface area contributed by atoms with Gasteiger partial charge in [0.2, 0.25) is 5.91 Å². The van der Waals surface area contributed by atoms with Crippen LogP contribution in [-0.4, -0.2) is 33.5 Å². The SMILES string of the molecule is COc1ccccc1NC(=O)CSc1nnc(C2CCCCC2)n1Cc1ccccc1. The van der Waals surface area contributed by atoms with Crippen molar-refractivity contribution in [1.29, 1.82) is 0 Å². The van der Waals surface area contributed by atoms with Gasteiger partial charge in [-0.25, -0.2) is 0 Å². The average molecular weight is 437 g/mol. The van der Waals surface area contributed by atoms with Gasteiger partial charge in [0.1, 0.15) is 11.6 Å². The van der Waals surface area contributed by atoms with E-state index in [2.05, 4.69) is 32.2 Å². The van der Waals surface area contributed by atoms with E-state index in [9.17, 15) is 4.79 Å². The minimum absolute atomic E-state index is 0.0945. The van der Waals surface area contributed by atoms with E-state index in [1.165, 1.54) is 36.6 Å². The molecule has 1 heterocycles. The van der Waals surface area contributed by atoms with Crippen LogP contribution in [0.5, 0.6) is 5.75 Å². The summed E-state index contributed by atoms with van der Waals surface area (Å²) in [6.07, 6.45) is 6.10. The predicted octanol–water partition coefficient (Wildman–Crippen LogP) is 5.11. The summed E-state index contributed by atoms with van der Waals surface area (Å²) in [4.78, 5) is 12.6. The Bertz CT molecular complexity index is 1000. The lowest BCUT2D eigenvalue weighted by atomic mass is 9.88. The maximum absolute atomic E-state index is 12.6. The summed E-state index contributed by atoms with van der Waals surface area (Å²) in [7, 11) is 1.60. The number of carbonyl (C=O) groups is 1. The maximum atomic E-state index is 12.6. The third kappa shape index (κ3) is 5.47. The fourth-order valence-electron chi connectivity index (χ4n) is 4.05. The van der Waals surface area contributed by atoms with Crippen LogP contribution < -0.4 is 10.1 Å². The molecule has 0 spiro atoms. The number of aromatic nitrogens is 3. The van der Waals surface area contributed by atoms with Crippen LogP contribution in [0.3, 0.4) is 0 Å². The molecule has 0 radical (unpaired) electrons. The minimum atomic E-state index is -0.0945. The van der Waals surface area contributed by atoms with Gasteiger partial charge in [0.25, 0.3) is 0 Å². The molecule has 0 aliphatic heterocycles. The lowest BCUT2D eigenvalue weighted by Crippen LogP contribution is -2.16. The predicted molar refractivity (Wildman–Crippen MR) is 124 cm³/mol. The summed E-state index contributed by atoms with van der Waals surface area (Å²) < 4.78 is 7.52. The molecule has 0 atom stereocenters. The van der Waals surface area contributed by atoms with Gasteiger partial charge >= 0.3 is 0 Å². The fraction of sp³-hybridized carbons (Fsp3) is 0.375. The quantitative estimate of drug-likeness (QED) is 0.497. The summed E-state index contributed by atoms with van der Waals surface area (Å²) in [6, 6.07) is 17.8. The highest BCUT2D eigenvalue weighted by Gasteiger charge is 2.24. The number of para-hydroxylation sites is 2. The Balaban J connectivity index is 1.49. The van der Waals surface area contributed by atoms with Gasteiger partial charge < -0.3 is 14.6 Å². The Labute approximate surface area is 187 Å². The van der Waals surface area contributed by atoms with Crippen LogP contribution in [0.15, 0.2) is 59.8 Å². The van der Waals surface area contributed by atoms with Crippen molar-refractivity contribution in [2.75, 3.05) is 18.2 Å². The highest BCUT2D eigenvalue weighted by molar-refractivity contribution is 7.99. The van der Waals surface area contributed by atoms with E-state index in [-0.39, 0.29) is 11.7 Å². The smallest absolute Gasteiger partial charge is 0.234 e. The summed E-state index contributed by atoms with van der Waals surface area (Å²) in [5.74, 6) is 2.31. The van der Waals surface area contributed by atoms with E-state index in [1.54, 1.807) is 7.11 Å². The van der Waals surface area contributed by atoms with Crippen molar-refractivity contribution >= 4 is 23.4 Å². The Morgan fingerprint density at radius 1 is 1.06 bits per heavy atom. The molecular weight excluding hydrogens is 408 g/mol. The minimum Gasteiger partial charge on any atom is -0.495 e. The van der Waals surface area contributed by atoms with Crippen molar-refractivity contribution in [3.05, 3.63) is 66.0 Å². The molecule has 1 aliphatic carbocycles. The van der Waals surface area contributed by atoms with E-state index in [1.807, 2.05) is 42.5 Å². The Hall–Kier alpha value is -2.80. The third-order valence-electron chi connectivity index (χ3n) is 5.61. The van der Waals surface area contributed by atoms with Crippen molar-refractivity contribution in [3.63, 3.8) is 0 Å². The van der Waals surface area contributed by atoms with Gasteiger partial charge in [0, 0.05) is 5.92 Å². The second kappa shape index (κ2) is 10.5. The van der Waals surface area contributed by atoms with E-state index in [0.717, 1.165) is 30.4 Å². The molecule has 4 rings (SSSR count). The molecule has 1 aliphatic rings.